The molecule has 3 nitrogen and oxygen atoms in total. The standard InChI is InChI=1S/C10H12ClNO2/c1-14-10-5-7(3-2-4-13)8(11)6-9(10)12/h2-3,5-6,13H,4,12H2,1H3. The minimum atomic E-state index is -0.0248. The van der Waals surface area contributed by atoms with Gasteiger partial charge in [-0.2, -0.15) is 0 Å². The Morgan fingerprint density at radius 3 is 2.86 bits per heavy atom. The lowest BCUT2D eigenvalue weighted by atomic mass is 10.1. The summed E-state index contributed by atoms with van der Waals surface area (Å²) in [6.07, 6.45) is 3.31. The molecule has 0 aliphatic heterocycles. The summed E-state index contributed by atoms with van der Waals surface area (Å²) in [6.45, 7) is -0.0248. The Labute approximate surface area is 87.8 Å². The van der Waals surface area contributed by atoms with E-state index in [1.165, 1.54) is 0 Å². The summed E-state index contributed by atoms with van der Waals surface area (Å²) in [5.74, 6) is 0.576. The monoisotopic (exact) mass is 213 g/mol. The van der Waals surface area contributed by atoms with Crippen LogP contribution in [0, 0.1) is 0 Å². The molecular formula is C10H12ClNO2. The van der Waals surface area contributed by atoms with Crippen molar-refractivity contribution in [3.05, 3.63) is 28.8 Å². The Hall–Kier alpha value is -1.19. The molecule has 1 rings (SSSR count). The van der Waals surface area contributed by atoms with Crippen LogP contribution in [-0.2, 0) is 0 Å². The molecule has 0 aliphatic carbocycles. The third-order valence-electron chi connectivity index (χ3n) is 1.75. The zero-order chi connectivity index (χ0) is 10.6. The molecule has 0 aromatic heterocycles. The van der Waals surface area contributed by atoms with Crippen LogP contribution in [-0.4, -0.2) is 18.8 Å². The number of ether oxygens (including phenoxy) is 1. The van der Waals surface area contributed by atoms with E-state index in [0.29, 0.717) is 16.5 Å². The van der Waals surface area contributed by atoms with Gasteiger partial charge in [-0.25, -0.2) is 0 Å². The van der Waals surface area contributed by atoms with Gasteiger partial charge < -0.3 is 15.6 Å². The largest absolute Gasteiger partial charge is 0.495 e. The molecule has 0 aliphatic rings. The third-order valence-corrected chi connectivity index (χ3v) is 2.08. The second kappa shape index (κ2) is 4.88. The lowest BCUT2D eigenvalue weighted by Crippen LogP contribution is -1.93. The van der Waals surface area contributed by atoms with E-state index >= 15 is 0 Å². The van der Waals surface area contributed by atoms with Gasteiger partial charge in [0, 0.05) is 0 Å². The minimum absolute atomic E-state index is 0.0248. The third kappa shape index (κ3) is 2.40. The Morgan fingerprint density at radius 1 is 1.57 bits per heavy atom. The number of aliphatic hydroxyl groups excluding tert-OH is 1. The van der Waals surface area contributed by atoms with Crippen molar-refractivity contribution in [1.29, 1.82) is 0 Å². The molecule has 0 saturated carbocycles. The lowest BCUT2D eigenvalue weighted by Gasteiger charge is -2.06. The fourth-order valence-electron chi connectivity index (χ4n) is 1.07. The van der Waals surface area contributed by atoms with Gasteiger partial charge in [-0.1, -0.05) is 23.8 Å². The van der Waals surface area contributed by atoms with Gasteiger partial charge in [-0.15, -0.1) is 0 Å². The van der Waals surface area contributed by atoms with E-state index in [0.717, 1.165) is 5.56 Å². The molecule has 3 N–H and O–H groups in total. The van der Waals surface area contributed by atoms with Crippen LogP contribution in [0.15, 0.2) is 18.2 Å². The highest BCUT2D eigenvalue weighted by molar-refractivity contribution is 6.32. The SMILES string of the molecule is COc1cc(C=CCO)c(Cl)cc1N. The minimum Gasteiger partial charge on any atom is -0.495 e. The summed E-state index contributed by atoms with van der Waals surface area (Å²) in [5.41, 5.74) is 6.92. The highest BCUT2D eigenvalue weighted by Gasteiger charge is 2.04. The van der Waals surface area contributed by atoms with Gasteiger partial charge in [0.05, 0.1) is 24.4 Å². The van der Waals surface area contributed by atoms with Crippen LogP contribution in [0.3, 0.4) is 0 Å². The van der Waals surface area contributed by atoms with Crippen LogP contribution in [0.25, 0.3) is 6.08 Å². The number of benzene rings is 1. The molecule has 4 heteroatoms. The van der Waals surface area contributed by atoms with Crippen LogP contribution in [0.1, 0.15) is 5.56 Å². The maximum atomic E-state index is 8.61. The number of aliphatic hydroxyl groups is 1. The fraction of sp³-hybridized carbons (Fsp3) is 0.200. The molecule has 1 aromatic carbocycles. The molecule has 0 saturated heterocycles. The van der Waals surface area contributed by atoms with Gasteiger partial charge in [-0.3, -0.25) is 0 Å². The van der Waals surface area contributed by atoms with E-state index < -0.39 is 0 Å². The quantitative estimate of drug-likeness (QED) is 0.755. The van der Waals surface area contributed by atoms with E-state index in [1.807, 2.05) is 0 Å². The Balaban J connectivity index is 3.10. The zero-order valence-electron chi connectivity index (χ0n) is 7.83. The van der Waals surface area contributed by atoms with E-state index in [-0.39, 0.29) is 6.61 Å². The lowest BCUT2D eigenvalue weighted by molar-refractivity contribution is 0.343. The highest BCUT2D eigenvalue weighted by Crippen LogP contribution is 2.29. The van der Waals surface area contributed by atoms with Crippen molar-refractivity contribution < 1.29 is 9.84 Å². The molecule has 14 heavy (non-hydrogen) atoms. The zero-order valence-corrected chi connectivity index (χ0v) is 8.58. The number of hydrogen-bond acceptors (Lipinski definition) is 3. The molecule has 0 bridgehead atoms. The number of anilines is 1. The molecule has 0 amide bonds. The topological polar surface area (TPSA) is 55.5 Å². The molecular weight excluding hydrogens is 202 g/mol. The Kier molecular flexibility index (Phi) is 3.80. The van der Waals surface area contributed by atoms with Crippen molar-refractivity contribution >= 4 is 23.4 Å². The summed E-state index contributed by atoms with van der Waals surface area (Å²) in [7, 11) is 1.54. The summed E-state index contributed by atoms with van der Waals surface area (Å²) >= 11 is 5.93. The predicted octanol–water partition coefficient (Wildman–Crippen LogP) is 1.94. The smallest absolute Gasteiger partial charge is 0.142 e. The summed E-state index contributed by atoms with van der Waals surface area (Å²) in [6, 6.07) is 3.35. The van der Waals surface area contributed by atoms with Crippen LogP contribution in [0.4, 0.5) is 5.69 Å². The van der Waals surface area contributed by atoms with E-state index in [1.54, 1.807) is 31.4 Å². The first-order valence-electron chi connectivity index (χ1n) is 4.09. The summed E-state index contributed by atoms with van der Waals surface area (Å²) in [5, 5.41) is 9.15. The number of nitrogen functional groups attached to an aromatic ring is 1. The predicted molar refractivity (Wildman–Crippen MR) is 58.5 cm³/mol. The molecule has 0 fully saturated rings. The van der Waals surface area contributed by atoms with Gasteiger partial charge in [0.15, 0.2) is 0 Å². The van der Waals surface area contributed by atoms with Crippen LogP contribution >= 0.6 is 11.6 Å². The van der Waals surface area contributed by atoms with Crippen molar-refractivity contribution in [2.45, 2.75) is 0 Å². The Morgan fingerprint density at radius 2 is 2.29 bits per heavy atom. The van der Waals surface area contributed by atoms with Crippen molar-refractivity contribution in [3.63, 3.8) is 0 Å². The maximum Gasteiger partial charge on any atom is 0.142 e. The van der Waals surface area contributed by atoms with Gasteiger partial charge in [0.1, 0.15) is 5.75 Å². The average Bonchev–Trinajstić information content (AvgIpc) is 2.17. The highest BCUT2D eigenvalue weighted by atomic mass is 35.5. The van der Waals surface area contributed by atoms with E-state index in [2.05, 4.69) is 0 Å². The van der Waals surface area contributed by atoms with Crippen molar-refractivity contribution in [1.82, 2.24) is 0 Å². The van der Waals surface area contributed by atoms with Crippen LogP contribution in [0.2, 0.25) is 5.02 Å². The van der Waals surface area contributed by atoms with Crippen molar-refractivity contribution in [2.75, 3.05) is 19.5 Å². The second-order valence-corrected chi connectivity index (χ2v) is 3.11. The normalized spacial score (nSPS) is 10.8. The molecule has 76 valence electrons. The summed E-state index contributed by atoms with van der Waals surface area (Å²) < 4.78 is 5.04. The Bertz CT molecular complexity index is 350. The number of rotatable bonds is 3. The van der Waals surface area contributed by atoms with Gasteiger partial charge in [0.2, 0.25) is 0 Å². The van der Waals surface area contributed by atoms with Gasteiger partial charge in [-0.05, 0) is 17.7 Å². The number of nitrogens with two attached hydrogens (primary N) is 1. The average molecular weight is 214 g/mol. The first-order valence-corrected chi connectivity index (χ1v) is 4.47. The number of halogens is 1. The van der Waals surface area contributed by atoms with Crippen LogP contribution in [0.5, 0.6) is 5.75 Å². The number of hydrogen-bond donors (Lipinski definition) is 2. The van der Waals surface area contributed by atoms with Gasteiger partial charge >= 0.3 is 0 Å². The maximum absolute atomic E-state index is 8.61. The van der Waals surface area contributed by atoms with Crippen LogP contribution < -0.4 is 10.5 Å². The van der Waals surface area contributed by atoms with Crippen molar-refractivity contribution in [2.24, 2.45) is 0 Å². The first kappa shape index (κ1) is 10.9. The van der Waals surface area contributed by atoms with E-state index in [4.69, 9.17) is 27.2 Å². The fourth-order valence-corrected chi connectivity index (χ4v) is 1.30. The first-order chi connectivity index (χ1) is 6.69. The number of methoxy groups -OCH3 is 1. The van der Waals surface area contributed by atoms with Gasteiger partial charge in [0.25, 0.3) is 0 Å². The second-order valence-electron chi connectivity index (χ2n) is 2.70. The molecule has 0 radical (unpaired) electrons. The van der Waals surface area contributed by atoms with E-state index in [9.17, 15) is 0 Å². The molecule has 0 heterocycles. The molecule has 1 aromatic rings. The molecule has 0 atom stereocenters. The van der Waals surface area contributed by atoms with Crippen molar-refractivity contribution in [3.8, 4) is 5.75 Å². The molecule has 0 spiro atoms. The molecule has 0 unspecified atom stereocenters. The summed E-state index contributed by atoms with van der Waals surface area (Å²) in [4.78, 5) is 0.